The summed E-state index contributed by atoms with van der Waals surface area (Å²) in [5.74, 6) is 0.779. The fraction of sp³-hybridized carbons (Fsp3) is 0.421. The van der Waals surface area contributed by atoms with E-state index in [-0.39, 0.29) is 47.5 Å². The Morgan fingerprint density at radius 2 is 1.98 bits per heavy atom. The Bertz CT molecular complexity index is 2240. The molecule has 274 valence electrons. The van der Waals surface area contributed by atoms with Gasteiger partial charge in [0.15, 0.2) is 11.6 Å². The number of hydrogen-bond donors (Lipinski definition) is 0. The number of ether oxygens (including phenoxy) is 2. The molecule has 0 bridgehead atoms. The molecule has 12 nitrogen and oxygen atoms in total. The third-order valence-corrected chi connectivity index (χ3v) is 11.3. The summed E-state index contributed by atoms with van der Waals surface area (Å²) < 4.78 is 48.0. The molecule has 53 heavy (non-hydrogen) atoms. The first-order valence-electron chi connectivity index (χ1n) is 17.9. The molecule has 15 heteroatoms. The van der Waals surface area contributed by atoms with Crippen LogP contribution in [0.2, 0.25) is 5.02 Å². The summed E-state index contributed by atoms with van der Waals surface area (Å²) in [5.41, 5.74) is 0.288. The van der Waals surface area contributed by atoms with Crippen molar-refractivity contribution in [3.8, 4) is 17.3 Å². The number of pyridine rings is 1. The van der Waals surface area contributed by atoms with Crippen LogP contribution in [-0.4, -0.2) is 112 Å². The van der Waals surface area contributed by atoms with Gasteiger partial charge in [-0.05, 0) is 30.8 Å². The van der Waals surface area contributed by atoms with E-state index in [2.05, 4.69) is 25.0 Å². The standard InChI is InChI=1S/C38H37ClF2N8O4/c1-47(15-22-16-48(17-22)30(50)10-9-29-43-35(46-53-29)24-19-51-20-24)36-27-14-42-33(26-7-2-5-23-6-3-8-28(39)31(23)26)32(41)34(27)44-37(45-36)52-21-38-11-4-12-49(38)18-25(40)13-38/h2-3,5-10,14,22,24-25H,4,11-13,15-21H2,1H3/b10-9+/t25-,38?/m1/s1. The highest BCUT2D eigenvalue weighted by Gasteiger charge is 2.49. The Labute approximate surface area is 308 Å². The normalized spacial score (nSPS) is 22.1. The smallest absolute Gasteiger partial charge is 0.319 e. The van der Waals surface area contributed by atoms with E-state index in [1.807, 2.05) is 36.2 Å². The lowest BCUT2D eigenvalue weighted by Crippen LogP contribution is -2.53. The molecule has 0 radical (unpaired) electrons. The molecule has 0 aliphatic carbocycles. The first-order valence-corrected chi connectivity index (χ1v) is 18.3. The van der Waals surface area contributed by atoms with Gasteiger partial charge in [0.25, 0.3) is 5.89 Å². The van der Waals surface area contributed by atoms with E-state index in [4.69, 9.17) is 30.6 Å². The molecular weight excluding hydrogens is 706 g/mol. The minimum Gasteiger partial charge on any atom is -0.461 e. The molecule has 4 saturated heterocycles. The number of nitrogens with zero attached hydrogens (tertiary/aromatic N) is 8. The molecule has 4 aliphatic heterocycles. The van der Waals surface area contributed by atoms with Crippen molar-refractivity contribution in [1.82, 2.24) is 34.9 Å². The molecule has 4 fully saturated rings. The molecule has 4 aliphatic rings. The van der Waals surface area contributed by atoms with Gasteiger partial charge in [-0.3, -0.25) is 14.7 Å². The van der Waals surface area contributed by atoms with Gasteiger partial charge in [0.05, 0.1) is 30.1 Å². The van der Waals surface area contributed by atoms with Crippen LogP contribution in [0.1, 0.15) is 36.9 Å². The second-order valence-electron chi connectivity index (χ2n) is 14.6. The zero-order valence-corrected chi connectivity index (χ0v) is 29.8. The Morgan fingerprint density at radius 3 is 2.79 bits per heavy atom. The highest BCUT2D eigenvalue weighted by molar-refractivity contribution is 6.36. The number of halogens is 3. The number of fused-ring (bicyclic) bond motifs is 3. The zero-order chi connectivity index (χ0) is 36.3. The highest BCUT2D eigenvalue weighted by atomic mass is 35.5. The molecular formula is C38H37ClF2N8O4. The number of carbonyl (C=O) groups excluding carboxylic acids is 1. The van der Waals surface area contributed by atoms with Crippen LogP contribution in [0.3, 0.4) is 0 Å². The van der Waals surface area contributed by atoms with Crippen molar-refractivity contribution in [2.75, 3.05) is 64.5 Å². The SMILES string of the molecule is CN(CC1CN(C(=O)/C=C/c2nc(C3COC3)no2)C1)c1nc(OCC23CCCN2C[C@H](F)C3)nc2c(F)c(-c3cccc4cccc(Cl)c34)ncc12. The van der Waals surface area contributed by atoms with Crippen molar-refractivity contribution in [1.29, 1.82) is 0 Å². The molecule has 0 N–H and O–H groups in total. The summed E-state index contributed by atoms with van der Waals surface area (Å²) in [6.45, 7) is 4.11. The van der Waals surface area contributed by atoms with Gasteiger partial charge in [0, 0.05) is 79.9 Å². The molecule has 5 aromatic rings. The van der Waals surface area contributed by atoms with Crippen LogP contribution in [-0.2, 0) is 9.53 Å². The van der Waals surface area contributed by atoms with E-state index in [1.165, 1.54) is 12.2 Å². The zero-order valence-electron chi connectivity index (χ0n) is 29.1. The van der Waals surface area contributed by atoms with Crippen LogP contribution in [0.15, 0.2) is 53.2 Å². The summed E-state index contributed by atoms with van der Waals surface area (Å²) in [4.78, 5) is 37.0. The second-order valence-corrected chi connectivity index (χ2v) is 15.0. The van der Waals surface area contributed by atoms with E-state index in [1.54, 1.807) is 23.2 Å². The number of rotatable bonds is 10. The fourth-order valence-electron chi connectivity index (χ4n) is 8.16. The van der Waals surface area contributed by atoms with Crippen LogP contribution in [0, 0.1) is 11.7 Å². The van der Waals surface area contributed by atoms with Gasteiger partial charge in [-0.15, -0.1) is 0 Å². The third kappa shape index (κ3) is 6.25. The van der Waals surface area contributed by atoms with Crippen molar-refractivity contribution >= 4 is 51.1 Å². The highest BCUT2D eigenvalue weighted by Crippen LogP contribution is 2.41. The lowest BCUT2D eigenvalue weighted by atomic mass is 9.95. The van der Waals surface area contributed by atoms with Crippen molar-refractivity contribution in [2.45, 2.75) is 36.9 Å². The first kappa shape index (κ1) is 34.0. The predicted molar refractivity (Wildman–Crippen MR) is 194 cm³/mol. The Balaban J connectivity index is 0.973. The van der Waals surface area contributed by atoms with E-state index in [9.17, 15) is 9.18 Å². The van der Waals surface area contributed by atoms with Crippen LogP contribution < -0.4 is 9.64 Å². The van der Waals surface area contributed by atoms with Gasteiger partial charge in [-0.2, -0.15) is 15.0 Å². The van der Waals surface area contributed by atoms with Crippen LogP contribution in [0.5, 0.6) is 6.01 Å². The average molecular weight is 743 g/mol. The monoisotopic (exact) mass is 742 g/mol. The van der Waals surface area contributed by atoms with Gasteiger partial charge in [0.1, 0.15) is 29.8 Å². The number of hydrogen-bond acceptors (Lipinski definition) is 11. The lowest BCUT2D eigenvalue weighted by molar-refractivity contribution is -0.131. The van der Waals surface area contributed by atoms with Gasteiger partial charge in [-0.25, -0.2) is 8.78 Å². The lowest BCUT2D eigenvalue weighted by Gasteiger charge is -2.40. The quantitative estimate of drug-likeness (QED) is 0.164. The molecule has 1 amide bonds. The number of alkyl halides is 1. The minimum absolute atomic E-state index is 0.0134. The Kier molecular flexibility index (Phi) is 8.70. The summed E-state index contributed by atoms with van der Waals surface area (Å²) in [7, 11) is 1.87. The number of carbonyl (C=O) groups is 1. The molecule has 3 aromatic heterocycles. The first-order chi connectivity index (χ1) is 25.7. The van der Waals surface area contributed by atoms with Crippen LogP contribution >= 0.6 is 11.6 Å². The molecule has 0 saturated carbocycles. The number of amides is 1. The maximum absolute atomic E-state index is 16.8. The maximum Gasteiger partial charge on any atom is 0.319 e. The number of benzene rings is 2. The fourth-order valence-corrected chi connectivity index (χ4v) is 8.44. The Morgan fingerprint density at radius 1 is 1.15 bits per heavy atom. The van der Waals surface area contributed by atoms with E-state index in [0.29, 0.717) is 78.8 Å². The minimum atomic E-state index is -0.916. The topological polar surface area (TPSA) is 123 Å². The summed E-state index contributed by atoms with van der Waals surface area (Å²) in [6.07, 6.45) is 5.80. The maximum atomic E-state index is 16.8. The van der Waals surface area contributed by atoms with Crippen LogP contribution in [0.4, 0.5) is 14.6 Å². The van der Waals surface area contributed by atoms with Crippen molar-refractivity contribution in [2.24, 2.45) is 5.92 Å². The van der Waals surface area contributed by atoms with Gasteiger partial charge < -0.3 is 23.8 Å². The molecule has 1 unspecified atom stereocenters. The predicted octanol–water partition coefficient (Wildman–Crippen LogP) is 5.70. The van der Waals surface area contributed by atoms with E-state index < -0.39 is 17.5 Å². The number of aromatic nitrogens is 5. The van der Waals surface area contributed by atoms with Crippen molar-refractivity contribution in [3.63, 3.8) is 0 Å². The molecule has 7 heterocycles. The molecule has 9 rings (SSSR count). The van der Waals surface area contributed by atoms with Gasteiger partial charge in [0.2, 0.25) is 5.91 Å². The van der Waals surface area contributed by atoms with Crippen molar-refractivity contribution in [3.05, 3.63) is 71.2 Å². The third-order valence-electron chi connectivity index (χ3n) is 11.0. The summed E-state index contributed by atoms with van der Waals surface area (Å²) in [6, 6.07) is 11.1. The summed E-state index contributed by atoms with van der Waals surface area (Å²) >= 11 is 6.62. The largest absolute Gasteiger partial charge is 0.461 e. The average Bonchev–Trinajstić information content (AvgIpc) is 3.81. The van der Waals surface area contributed by atoms with Crippen LogP contribution in [0.25, 0.3) is 39.0 Å². The molecule has 0 spiro atoms. The second kappa shape index (κ2) is 13.6. The summed E-state index contributed by atoms with van der Waals surface area (Å²) in [5, 5.41) is 6.42. The molecule has 2 aromatic carbocycles. The van der Waals surface area contributed by atoms with Crippen molar-refractivity contribution < 1.29 is 27.6 Å². The van der Waals surface area contributed by atoms with E-state index in [0.717, 1.165) is 24.8 Å². The van der Waals surface area contributed by atoms with Gasteiger partial charge >= 0.3 is 6.01 Å². The van der Waals surface area contributed by atoms with Gasteiger partial charge in [-0.1, -0.05) is 47.1 Å². The number of anilines is 1. The number of likely N-dealkylation sites (tertiary alicyclic amines) is 1. The van der Waals surface area contributed by atoms with E-state index >= 15 is 4.39 Å². The molecule has 2 atom stereocenters. The Hall–Kier alpha value is -4.79.